The van der Waals surface area contributed by atoms with Crippen molar-refractivity contribution < 1.29 is 4.74 Å². The van der Waals surface area contributed by atoms with Crippen LogP contribution in [0.4, 0.5) is 0 Å². The second kappa shape index (κ2) is 8.58. The molecule has 0 unspecified atom stereocenters. The maximum atomic E-state index is 5.93. The maximum absolute atomic E-state index is 5.93. The Labute approximate surface area is 145 Å². The summed E-state index contributed by atoms with van der Waals surface area (Å²) < 4.78 is 8.29. The number of nitrogens with zero attached hydrogens (tertiary/aromatic N) is 1. The van der Waals surface area contributed by atoms with Crippen molar-refractivity contribution in [1.82, 2.24) is 4.57 Å². The minimum Gasteiger partial charge on any atom is -0.489 e. The zero-order valence-corrected chi connectivity index (χ0v) is 14.6. The van der Waals surface area contributed by atoms with Crippen LogP contribution in [0.5, 0.6) is 5.75 Å². The molecule has 0 radical (unpaired) electrons. The Balaban J connectivity index is 1.58. The van der Waals surface area contributed by atoms with Gasteiger partial charge in [0.2, 0.25) is 0 Å². The molecule has 24 heavy (non-hydrogen) atoms. The Morgan fingerprint density at radius 1 is 0.875 bits per heavy atom. The summed E-state index contributed by atoms with van der Waals surface area (Å²) in [7, 11) is 0. The first-order chi connectivity index (χ1) is 11.9. The van der Waals surface area contributed by atoms with E-state index in [0.717, 1.165) is 12.3 Å². The van der Waals surface area contributed by atoms with Gasteiger partial charge in [0.05, 0.1) is 0 Å². The van der Waals surface area contributed by atoms with Crippen molar-refractivity contribution in [1.29, 1.82) is 0 Å². The van der Waals surface area contributed by atoms with E-state index in [-0.39, 0.29) is 0 Å². The zero-order valence-electron chi connectivity index (χ0n) is 14.6. The molecule has 1 heterocycles. The van der Waals surface area contributed by atoms with Crippen LogP contribution < -0.4 is 4.74 Å². The fraction of sp³-hybridized carbons (Fsp3) is 0.364. The topological polar surface area (TPSA) is 14.2 Å². The lowest BCUT2D eigenvalue weighted by atomic mass is 10.1. The van der Waals surface area contributed by atoms with Crippen molar-refractivity contribution >= 4 is 10.9 Å². The molecule has 1 aromatic heterocycles. The molecule has 2 aromatic carbocycles. The molecule has 126 valence electrons. The number of hydrogen-bond donors (Lipinski definition) is 0. The molecule has 0 amide bonds. The third-order valence-electron chi connectivity index (χ3n) is 4.49. The van der Waals surface area contributed by atoms with Gasteiger partial charge < -0.3 is 9.30 Å². The molecule has 0 saturated heterocycles. The van der Waals surface area contributed by atoms with Crippen molar-refractivity contribution in [2.24, 2.45) is 0 Å². The van der Waals surface area contributed by atoms with Crippen LogP contribution in [0, 0.1) is 0 Å². The first-order valence-corrected chi connectivity index (χ1v) is 9.12. The number of aromatic nitrogens is 1. The number of benzene rings is 2. The van der Waals surface area contributed by atoms with Gasteiger partial charge in [-0.25, -0.2) is 0 Å². The number of aryl methyl sites for hydroxylation is 1. The van der Waals surface area contributed by atoms with Gasteiger partial charge in [0.15, 0.2) is 0 Å². The second-order valence-electron chi connectivity index (χ2n) is 6.42. The highest BCUT2D eigenvalue weighted by Crippen LogP contribution is 2.23. The van der Waals surface area contributed by atoms with Gasteiger partial charge in [-0.2, -0.15) is 0 Å². The van der Waals surface area contributed by atoms with Crippen LogP contribution in [-0.4, -0.2) is 4.57 Å². The van der Waals surface area contributed by atoms with Crippen molar-refractivity contribution in [2.45, 2.75) is 52.2 Å². The molecule has 0 aliphatic heterocycles. The largest absolute Gasteiger partial charge is 0.489 e. The van der Waals surface area contributed by atoms with Crippen molar-refractivity contribution in [3.63, 3.8) is 0 Å². The Bertz CT molecular complexity index is 745. The summed E-state index contributed by atoms with van der Waals surface area (Å²) in [6.45, 7) is 3.98. The van der Waals surface area contributed by atoms with E-state index in [2.05, 4.69) is 54.1 Å². The van der Waals surface area contributed by atoms with Crippen molar-refractivity contribution in [3.8, 4) is 5.75 Å². The lowest BCUT2D eigenvalue weighted by molar-refractivity contribution is 0.306. The van der Waals surface area contributed by atoms with Gasteiger partial charge >= 0.3 is 0 Å². The molecule has 0 fully saturated rings. The van der Waals surface area contributed by atoms with Gasteiger partial charge in [-0.3, -0.25) is 0 Å². The molecule has 0 N–H and O–H groups in total. The van der Waals surface area contributed by atoms with Gasteiger partial charge in [-0.15, -0.1) is 0 Å². The van der Waals surface area contributed by atoms with Crippen molar-refractivity contribution in [3.05, 3.63) is 66.4 Å². The van der Waals surface area contributed by atoms with E-state index in [1.807, 2.05) is 18.2 Å². The highest BCUT2D eigenvalue weighted by Gasteiger charge is 2.03. The summed E-state index contributed by atoms with van der Waals surface area (Å²) in [6, 6.07) is 18.9. The number of ether oxygens (including phenoxy) is 1. The monoisotopic (exact) mass is 321 g/mol. The predicted molar refractivity (Wildman–Crippen MR) is 101 cm³/mol. The Hall–Kier alpha value is -2.22. The fourth-order valence-electron chi connectivity index (χ4n) is 3.09. The molecule has 0 bridgehead atoms. The second-order valence-corrected chi connectivity index (χ2v) is 6.42. The number of fused-ring (bicyclic) bond motifs is 1. The van der Waals surface area contributed by atoms with E-state index in [4.69, 9.17) is 4.74 Å². The summed E-state index contributed by atoms with van der Waals surface area (Å²) in [5, 5.41) is 1.26. The van der Waals surface area contributed by atoms with E-state index >= 15 is 0 Å². The molecular formula is C22H27NO. The van der Waals surface area contributed by atoms with Gasteiger partial charge in [0.1, 0.15) is 12.4 Å². The van der Waals surface area contributed by atoms with Gasteiger partial charge in [-0.05, 0) is 36.2 Å². The van der Waals surface area contributed by atoms with E-state index in [0.29, 0.717) is 6.61 Å². The molecule has 2 nitrogen and oxygen atoms in total. The fourth-order valence-corrected chi connectivity index (χ4v) is 3.09. The summed E-state index contributed by atoms with van der Waals surface area (Å²) >= 11 is 0. The average Bonchev–Trinajstić information content (AvgIpc) is 3.03. The first kappa shape index (κ1) is 16.6. The molecule has 0 atom stereocenters. The van der Waals surface area contributed by atoms with Crippen LogP contribution in [0.2, 0.25) is 0 Å². The van der Waals surface area contributed by atoms with Crippen LogP contribution in [0.3, 0.4) is 0 Å². The smallest absolute Gasteiger partial charge is 0.120 e. The number of rotatable bonds is 9. The summed E-state index contributed by atoms with van der Waals surface area (Å²) in [6.07, 6.45) is 8.80. The van der Waals surface area contributed by atoms with E-state index < -0.39 is 0 Å². The lowest BCUT2D eigenvalue weighted by Gasteiger charge is -2.08. The molecule has 0 spiro atoms. The minimum absolute atomic E-state index is 0.616. The van der Waals surface area contributed by atoms with E-state index in [9.17, 15) is 0 Å². The predicted octanol–water partition coefficient (Wildman–Crippen LogP) is 6.19. The van der Waals surface area contributed by atoms with Crippen LogP contribution in [0.1, 0.15) is 44.6 Å². The summed E-state index contributed by atoms with van der Waals surface area (Å²) in [4.78, 5) is 0. The number of hydrogen-bond acceptors (Lipinski definition) is 1. The lowest BCUT2D eigenvalue weighted by Crippen LogP contribution is -1.97. The molecule has 0 aliphatic rings. The molecule has 3 aromatic rings. The molecular weight excluding hydrogens is 294 g/mol. The first-order valence-electron chi connectivity index (χ1n) is 9.12. The van der Waals surface area contributed by atoms with Gasteiger partial charge in [0, 0.05) is 23.6 Å². The van der Waals surface area contributed by atoms with E-state index in [1.165, 1.54) is 48.6 Å². The zero-order chi connectivity index (χ0) is 16.6. The highest BCUT2D eigenvalue weighted by molar-refractivity contribution is 5.81. The van der Waals surface area contributed by atoms with Crippen LogP contribution >= 0.6 is 0 Å². The third kappa shape index (κ3) is 4.41. The van der Waals surface area contributed by atoms with Crippen LogP contribution in [0.25, 0.3) is 10.9 Å². The van der Waals surface area contributed by atoms with Gasteiger partial charge in [0.25, 0.3) is 0 Å². The Kier molecular flexibility index (Phi) is 5.95. The Morgan fingerprint density at radius 2 is 1.71 bits per heavy atom. The average molecular weight is 321 g/mol. The van der Waals surface area contributed by atoms with Crippen LogP contribution in [0.15, 0.2) is 60.8 Å². The highest BCUT2D eigenvalue weighted by atomic mass is 16.5. The van der Waals surface area contributed by atoms with Crippen molar-refractivity contribution in [2.75, 3.05) is 0 Å². The normalized spacial score (nSPS) is 11.0. The van der Waals surface area contributed by atoms with E-state index in [1.54, 1.807) is 0 Å². The maximum Gasteiger partial charge on any atom is 0.120 e. The summed E-state index contributed by atoms with van der Waals surface area (Å²) in [5.41, 5.74) is 2.50. The number of unbranched alkanes of at least 4 members (excludes halogenated alkanes) is 4. The Morgan fingerprint density at radius 3 is 2.54 bits per heavy atom. The standard InChI is InChI=1S/C22H27NO/c1-2-3-4-5-9-15-23-16-14-20-17-21(12-13-22(20)23)24-18-19-10-7-6-8-11-19/h6-8,10-14,16-17H,2-5,9,15,18H2,1H3. The van der Waals surface area contributed by atoms with Gasteiger partial charge in [-0.1, -0.05) is 62.9 Å². The SMILES string of the molecule is CCCCCCCn1ccc2cc(OCc3ccccc3)ccc21. The molecule has 2 heteroatoms. The van der Waals surface area contributed by atoms with Crippen LogP contribution in [-0.2, 0) is 13.2 Å². The molecule has 0 aliphatic carbocycles. The summed E-state index contributed by atoms with van der Waals surface area (Å²) in [5.74, 6) is 0.937. The molecule has 0 saturated carbocycles. The minimum atomic E-state index is 0.616. The third-order valence-corrected chi connectivity index (χ3v) is 4.49. The quantitative estimate of drug-likeness (QED) is 0.428. The molecule has 3 rings (SSSR count).